The van der Waals surface area contributed by atoms with Crippen molar-refractivity contribution in [1.29, 1.82) is 0 Å². The lowest BCUT2D eigenvalue weighted by molar-refractivity contribution is 0.172. The zero-order valence-electron chi connectivity index (χ0n) is 7.43. The first-order valence-corrected chi connectivity index (χ1v) is 4.18. The van der Waals surface area contributed by atoms with Gasteiger partial charge in [0.2, 0.25) is 0 Å². The van der Waals surface area contributed by atoms with Gasteiger partial charge in [0.05, 0.1) is 0 Å². The van der Waals surface area contributed by atoms with E-state index in [0.29, 0.717) is 6.54 Å². The average molecular weight is 161 g/mol. The molecule has 11 heavy (non-hydrogen) atoms. The molecule has 1 saturated heterocycles. The highest BCUT2D eigenvalue weighted by Gasteiger charge is 2.24. The smallest absolute Gasteiger partial charge is 0.312 e. The lowest BCUT2D eigenvalue weighted by Crippen LogP contribution is -2.29. The molecule has 3 heteroatoms. The molecule has 1 rings (SSSR count). The average Bonchev–Trinajstić information content (AvgIpc) is 2.39. The number of rotatable bonds is 0. The molecule has 0 saturated carbocycles. The molecular formula is C8H16FNO. The molecule has 66 valence electrons. The first-order chi connectivity index (χ1) is 5.22. The molecule has 0 aromatic rings. The van der Waals surface area contributed by atoms with Crippen molar-refractivity contribution >= 4 is 6.16 Å². The Balaban J connectivity index is 0.000000461. The third kappa shape index (κ3) is 2.87. The van der Waals surface area contributed by atoms with E-state index in [1.807, 2.05) is 20.8 Å². The number of carbonyl (C=O) groups excluding carboxylic acids is 1. The third-order valence-electron chi connectivity index (χ3n) is 1.78. The fraction of sp³-hybridized carbons (Fsp3) is 0.875. The Bertz CT molecular complexity index is 127. The summed E-state index contributed by atoms with van der Waals surface area (Å²) in [6.45, 7) is 6.46. The lowest BCUT2D eigenvalue weighted by atomic mass is 10.2. The number of hydrogen-bond donors (Lipinski definition) is 0. The zero-order chi connectivity index (χ0) is 8.85. The number of hydrogen-bond acceptors (Lipinski definition) is 1. The maximum atomic E-state index is 11.9. The van der Waals surface area contributed by atoms with Gasteiger partial charge in [-0.1, -0.05) is 13.8 Å². The minimum absolute atomic E-state index is 0.113. The van der Waals surface area contributed by atoms with Crippen molar-refractivity contribution < 1.29 is 9.18 Å². The predicted octanol–water partition coefficient (Wildman–Crippen LogP) is 2.59. The molecule has 0 spiro atoms. The molecule has 0 aliphatic carbocycles. The van der Waals surface area contributed by atoms with Crippen LogP contribution in [0.4, 0.5) is 9.18 Å². The standard InChI is InChI=1S/C6H10FNO.C2H6/c1-5-3-2-4-8(5)6(7)9;1-2/h5H,2-4H2,1H3;1-2H3. The first-order valence-electron chi connectivity index (χ1n) is 4.18. The van der Waals surface area contributed by atoms with Crippen LogP contribution in [0.1, 0.15) is 33.6 Å². The van der Waals surface area contributed by atoms with E-state index in [1.54, 1.807) is 0 Å². The number of carbonyl (C=O) groups is 1. The van der Waals surface area contributed by atoms with Crippen LogP contribution in [0.3, 0.4) is 0 Å². The summed E-state index contributed by atoms with van der Waals surface area (Å²) in [5.74, 6) is 0. The van der Waals surface area contributed by atoms with Gasteiger partial charge in [0.1, 0.15) is 0 Å². The van der Waals surface area contributed by atoms with Gasteiger partial charge in [-0.2, -0.15) is 0 Å². The summed E-state index contributed by atoms with van der Waals surface area (Å²) >= 11 is 0. The molecule has 1 aliphatic rings. The minimum atomic E-state index is -1.28. The number of amides is 1. The summed E-state index contributed by atoms with van der Waals surface area (Å²) in [5, 5.41) is 0. The van der Waals surface area contributed by atoms with Gasteiger partial charge in [0.15, 0.2) is 0 Å². The second-order valence-corrected chi connectivity index (χ2v) is 2.44. The van der Waals surface area contributed by atoms with Gasteiger partial charge < -0.3 is 4.90 Å². The summed E-state index contributed by atoms with van der Waals surface area (Å²) in [5.41, 5.74) is 0. The van der Waals surface area contributed by atoms with Crippen molar-refractivity contribution in [1.82, 2.24) is 4.90 Å². The summed E-state index contributed by atoms with van der Waals surface area (Å²) in [6.07, 6.45) is 0.604. The van der Waals surface area contributed by atoms with Gasteiger partial charge in [-0.3, -0.25) is 0 Å². The van der Waals surface area contributed by atoms with Gasteiger partial charge in [0, 0.05) is 12.6 Å². The van der Waals surface area contributed by atoms with E-state index in [-0.39, 0.29) is 6.04 Å². The Labute approximate surface area is 67.4 Å². The molecule has 1 aliphatic heterocycles. The summed E-state index contributed by atoms with van der Waals surface area (Å²) in [4.78, 5) is 11.4. The van der Waals surface area contributed by atoms with Crippen LogP contribution >= 0.6 is 0 Å². The van der Waals surface area contributed by atoms with E-state index in [1.165, 1.54) is 4.90 Å². The van der Waals surface area contributed by atoms with Crippen molar-refractivity contribution in [2.75, 3.05) is 6.54 Å². The monoisotopic (exact) mass is 161 g/mol. The maximum absolute atomic E-state index is 11.9. The SMILES string of the molecule is CC.CC1CCCN1C(=O)F. The van der Waals surface area contributed by atoms with Gasteiger partial charge in [-0.25, -0.2) is 4.79 Å². The quantitative estimate of drug-likeness (QED) is 0.395. The van der Waals surface area contributed by atoms with Gasteiger partial charge >= 0.3 is 6.16 Å². The molecule has 0 aromatic heterocycles. The third-order valence-corrected chi connectivity index (χ3v) is 1.78. The molecule has 0 aromatic carbocycles. The van der Waals surface area contributed by atoms with Crippen LogP contribution in [0.2, 0.25) is 0 Å². The van der Waals surface area contributed by atoms with Crippen LogP contribution in [-0.4, -0.2) is 23.6 Å². The molecule has 1 heterocycles. The molecule has 0 radical (unpaired) electrons. The van der Waals surface area contributed by atoms with Crippen LogP contribution in [0.5, 0.6) is 0 Å². The molecule has 0 bridgehead atoms. The second kappa shape index (κ2) is 5.10. The molecule has 0 N–H and O–H groups in total. The zero-order valence-corrected chi connectivity index (χ0v) is 7.43. The maximum Gasteiger partial charge on any atom is 0.400 e. The molecular weight excluding hydrogens is 145 g/mol. The molecule has 1 unspecified atom stereocenters. The molecule has 1 amide bonds. The van der Waals surface area contributed by atoms with Crippen LogP contribution in [0.25, 0.3) is 0 Å². The predicted molar refractivity (Wildman–Crippen MR) is 43.3 cm³/mol. The van der Waals surface area contributed by atoms with E-state index in [0.717, 1.165) is 12.8 Å². The Morgan fingerprint density at radius 3 is 2.27 bits per heavy atom. The highest BCUT2D eigenvalue weighted by molar-refractivity contribution is 5.66. The number of halogens is 1. The fourth-order valence-electron chi connectivity index (χ4n) is 1.19. The Morgan fingerprint density at radius 1 is 1.55 bits per heavy atom. The first kappa shape index (κ1) is 10.4. The number of likely N-dealkylation sites (tertiary alicyclic amines) is 1. The molecule has 1 fully saturated rings. The fourth-order valence-corrected chi connectivity index (χ4v) is 1.19. The Morgan fingerprint density at radius 2 is 2.09 bits per heavy atom. The van der Waals surface area contributed by atoms with E-state index in [4.69, 9.17) is 0 Å². The van der Waals surface area contributed by atoms with E-state index in [9.17, 15) is 9.18 Å². The van der Waals surface area contributed by atoms with E-state index >= 15 is 0 Å². The molecule has 2 nitrogen and oxygen atoms in total. The Kier molecular flexibility index (Phi) is 4.83. The van der Waals surface area contributed by atoms with Crippen LogP contribution in [-0.2, 0) is 0 Å². The van der Waals surface area contributed by atoms with Crippen molar-refractivity contribution in [3.8, 4) is 0 Å². The summed E-state index contributed by atoms with van der Waals surface area (Å²) < 4.78 is 11.9. The van der Waals surface area contributed by atoms with E-state index in [2.05, 4.69) is 0 Å². The largest absolute Gasteiger partial charge is 0.400 e. The second-order valence-electron chi connectivity index (χ2n) is 2.44. The Hall–Kier alpha value is -0.600. The molecule has 1 atom stereocenters. The normalized spacial score (nSPS) is 22.5. The number of nitrogens with zero attached hydrogens (tertiary/aromatic N) is 1. The van der Waals surface area contributed by atoms with Crippen LogP contribution in [0.15, 0.2) is 0 Å². The summed E-state index contributed by atoms with van der Waals surface area (Å²) in [7, 11) is 0. The lowest BCUT2D eigenvalue weighted by Gasteiger charge is -2.15. The van der Waals surface area contributed by atoms with Crippen LogP contribution < -0.4 is 0 Å². The van der Waals surface area contributed by atoms with Crippen molar-refractivity contribution in [3.63, 3.8) is 0 Å². The minimum Gasteiger partial charge on any atom is -0.312 e. The van der Waals surface area contributed by atoms with Crippen molar-refractivity contribution in [2.24, 2.45) is 0 Å². The topological polar surface area (TPSA) is 20.3 Å². The highest BCUT2D eigenvalue weighted by atomic mass is 19.1. The van der Waals surface area contributed by atoms with Crippen LogP contribution in [0, 0.1) is 0 Å². The van der Waals surface area contributed by atoms with Crippen molar-refractivity contribution in [3.05, 3.63) is 0 Å². The van der Waals surface area contributed by atoms with Gasteiger partial charge in [-0.05, 0) is 19.8 Å². The summed E-state index contributed by atoms with van der Waals surface area (Å²) in [6, 6.07) is 0.113. The van der Waals surface area contributed by atoms with Crippen molar-refractivity contribution in [2.45, 2.75) is 39.7 Å². The van der Waals surface area contributed by atoms with Gasteiger partial charge in [0.25, 0.3) is 0 Å². The highest BCUT2D eigenvalue weighted by Crippen LogP contribution is 2.16. The van der Waals surface area contributed by atoms with E-state index < -0.39 is 6.16 Å². The van der Waals surface area contributed by atoms with Gasteiger partial charge in [-0.15, -0.1) is 4.39 Å².